The van der Waals surface area contributed by atoms with Gasteiger partial charge in [0.2, 0.25) is 0 Å². The molecule has 1 aliphatic carbocycles. The molecule has 9 heteroatoms. The molecule has 0 radical (unpaired) electrons. The molecule has 0 atom stereocenters. The third-order valence-electron chi connectivity index (χ3n) is 5.68. The number of ether oxygens (including phenoxy) is 2. The van der Waals surface area contributed by atoms with Crippen LogP contribution in [0.5, 0.6) is 11.5 Å². The highest BCUT2D eigenvalue weighted by molar-refractivity contribution is 7.95. The number of hydrogen-bond donors (Lipinski definition) is 2. The lowest BCUT2D eigenvalue weighted by atomic mass is 10.1. The Kier molecular flexibility index (Phi) is 5.27. The minimum absolute atomic E-state index is 0.294. The van der Waals surface area contributed by atoms with Crippen molar-refractivity contribution in [3.8, 4) is 11.5 Å². The van der Waals surface area contributed by atoms with Crippen LogP contribution in [0.25, 0.3) is 10.9 Å². The third kappa shape index (κ3) is 3.52. The Labute approximate surface area is 163 Å². The minimum Gasteiger partial charge on any atom is -0.493 e. The lowest BCUT2D eigenvalue weighted by Crippen LogP contribution is -2.54. The van der Waals surface area contributed by atoms with Crippen LogP contribution < -0.4 is 24.2 Å². The Morgan fingerprint density at radius 1 is 1.11 bits per heavy atom. The molecule has 1 saturated carbocycles. The minimum atomic E-state index is 0.294. The molecular weight excluding hydrogens is 364 g/mol. The zero-order valence-electron chi connectivity index (χ0n) is 15.8. The van der Waals surface area contributed by atoms with Gasteiger partial charge in [0.05, 0.1) is 19.7 Å². The fourth-order valence-electron chi connectivity index (χ4n) is 3.94. The first-order valence-corrected chi connectivity index (χ1v) is 10.0. The fourth-order valence-corrected chi connectivity index (χ4v) is 4.29. The summed E-state index contributed by atoms with van der Waals surface area (Å²) in [5.41, 5.74) is 1.16. The molecule has 0 bridgehead atoms. The molecule has 1 aromatic heterocycles. The van der Waals surface area contributed by atoms with Gasteiger partial charge in [0, 0.05) is 61.8 Å². The van der Waals surface area contributed by atoms with Gasteiger partial charge in [-0.05, 0) is 18.9 Å². The highest BCUT2D eigenvalue weighted by Crippen LogP contribution is 2.42. The average Bonchev–Trinajstić information content (AvgIpc) is 3.52. The van der Waals surface area contributed by atoms with Crippen molar-refractivity contribution in [2.45, 2.75) is 18.4 Å². The molecule has 146 valence electrons. The number of nitrogens with one attached hydrogen (secondary N) is 1. The van der Waals surface area contributed by atoms with Gasteiger partial charge in [-0.15, -0.1) is 0 Å². The van der Waals surface area contributed by atoms with E-state index >= 15 is 0 Å². The standard InChI is InChI=1S/C18H26N6O2S/c1-25-15-9-13-14(10-16(15)26-2)20-12-21-17(13)23-5-7-24(8-6-23)18(3-4-18)11-22-27-19/h9-10,12,22H,3-8,11,19H2,1-2H3. The van der Waals surface area contributed by atoms with Crippen molar-refractivity contribution in [2.24, 2.45) is 5.14 Å². The van der Waals surface area contributed by atoms with Crippen LogP contribution in [0.4, 0.5) is 5.82 Å². The van der Waals surface area contributed by atoms with Gasteiger partial charge in [0.25, 0.3) is 0 Å². The molecule has 2 fully saturated rings. The van der Waals surface area contributed by atoms with Crippen LogP contribution in [0.15, 0.2) is 18.5 Å². The summed E-state index contributed by atoms with van der Waals surface area (Å²) in [7, 11) is 3.28. The number of methoxy groups -OCH3 is 2. The molecule has 2 aliphatic rings. The Hall–Kier alpha value is -1.81. The number of piperazine rings is 1. The number of hydrogen-bond acceptors (Lipinski definition) is 9. The van der Waals surface area contributed by atoms with E-state index in [1.807, 2.05) is 12.1 Å². The van der Waals surface area contributed by atoms with Crippen LogP contribution in [-0.2, 0) is 0 Å². The zero-order chi connectivity index (χ0) is 18.9. The molecule has 1 aliphatic heterocycles. The Balaban J connectivity index is 1.54. The number of nitrogens with two attached hydrogens (primary N) is 1. The number of rotatable bonds is 7. The summed E-state index contributed by atoms with van der Waals surface area (Å²) in [6.07, 6.45) is 4.11. The van der Waals surface area contributed by atoms with Crippen LogP contribution in [0.2, 0.25) is 0 Å². The highest BCUT2D eigenvalue weighted by atomic mass is 32.2. The quantitative estimate of drug-likeness (QED) is 0.681. The predicted molar refractivity (Wildman–Crippen MR) is 108 cm³/mol. The number of nitrogens with zero attached hydrogens (tertiary/aromatic N) is 4. The number of benzene rings is 1. The summed E-state index contributed by atoms with van der Waals surface area (Å²) in [6, 6.07) is 3.88. The van der Waals surface area contributed by atoms with Crippen molar-refractivity contribution >= 4 is 28.9 Å². The van der Waals surface area contributed by atoms with Crippen LogP contribution in [0.1, 0.15) is 12.8 Å². The molecule has 0 amide bonds. The normalized spacial score (nSPS) is 19.3. The van der Waals surface area contributed by atoms with Gasteiger partial charge in [-0.1, -0.05) is 0 Å². The van der Waals surface area contributed by atoms with E-state index < -0.39 is 0 Å². The smallest absolute Gasteiger partial charge is 0.162 e. The SMILES string of the molecule is COc1cc2ncnc(N3CCN(C4(CNSN)CC4)CC3)c2cc1OC. The summed E-state index contributed by atoms with van der Waals surface area (Å²) < 4.78 is 14.1. The first-order chi connectivity index (χ1) is 13.2. The van der Waals surface area contributed by atoms with Gasteiger partial charge >= 0.3 is 0 Å². The van der Waals surface area contributed by atoms with Crippen molar-refractivity contribution in [2.75, 3.05) is 51.8 Å². The van der Waals surface area contributed by atoms with E-state index in [9.17, 15) is 0 Å². The van der Waals surface area contributed by atoms with Gasteiger partial charge in [0.15, 0.2) is 11.5 Å². The van der Waals surface area contributed by atoms with Crippen molar-refractivity contribution in [1.82, 2.24) is 19.6 Å². The van der Waals surface area contributed by atoms with Gasteiger partial charge in [0.1, 0.15) is 12.1 Å². The van der Waals surface area contributed by atoms with E-state index in [4.69, 9.17) is 14.6 Å². The van der Waals surface area contributed by atoms with Crippen molar-refractivity contribution < 1.29 is 9.47 Å². The summed E-state index contributed by atoms with van der Waals surface area (Å²) >= 11 is 1.21. The maximum Gasteiger partial charge on any atom is 0.162 e. The predicted octanol–water partition coefficient (Wildman–Crippen LogP) is 1.41. The third-order valence-corrected chi connectivity index (χ3v) is 5.99. The first-order valence-electron chi connectivity index (χ1n) is 9.16. The maximum absolute atomic E-state index is 5.53. The molecule has 27 heavy (non-hydrogen) atoms. The van der Waals surface area contributed by atoms with Crippen molar-refractivity contribution in [3.05, 3.63) is 18.5 Å². The second-order valence-corrected chi connectivity index (χ2v) is 7.58. The molecule has 4 rings (SSSR count). The van der Waals surface area contributed by atoms with E-state index in [0.717, 1.165) is 49.4 Å². The molecule has 2 heterocycles. The molecule has 0 unspecified atom stereocenters. The second-order valence-electron chi connectivity index (χ2n) is 7.06. The molecule has 3 N–H and O–H groups in total. The number of aromatic nitrogens is 2. The number of fused-ring (bicyclic) bond motifs is 1. The molecular formula is C18H26N6O2S. The van der Waals surface area contributed by atoms with Crippen LogP contribution in [0.3, 0.4) is 0 Å². The largest absolute Gasteiger partial charge is 0.493 e. The lowest BCUT2D eigenvalue weighted by molar-refractivity contribution is 0.168. The summed E-state index contributed by atoms with van der Waals surface area (Å²) in [6.45, 7) is 4.88. The summed E-state index contributed by atoms with van der Waals surface area (Å²) in [5, 5.41) is 6.53. The lowest BCUT2D eigenvalue weighted by Gasteiger charge is -2.40. The topological polar surface area (TPSA) is 88.8 Å². The Morgan fingerprint density at radius 3 is 2.44 bits per heavy atom. The van der Waals surface area contributed by atoms with Gasteiger partial charge in [-0.25, -0.2) is 14.7 Å². The summed E-state index contributed by atoms with van der Waals surface area (Å²) in [5.74, 6) is 2.34. The monoisotopic (exact) mass is 390 g/mol. The van der Waals surface area contributed by atoms with Gasteiger partial charge in [-0.2, -0.15) is 0 Å². The molecule has 2 aromatic rings. The van der Waals surface area contributed by atoms with Crippen LogP contribution >= 0.6 is 12.1 Å². The molecule has 1 aromatic carbocycles. The molecule has 8 nitrogen and oxygen atoms in total. The second kappa shape index (κ2) is 7.67. The number of anilines is 1. The van der Waals surface area contributed by atoms with E-state index in [0.29, 0.717) is 17.0 Å². The van der Waals surface area contributed by atoms with E-state index in [-0.39, 0.29) is 0 Å². The average molecular weight is 391 g/mol. The summed E-state index contributed by atoms with van der Waals surface area (Å²) in [4.78, 5) is 13.9. The van der Waals surface area contributed by atoms with E-state index in [2.05, 4.69) is 24.5 Å². The van der Waals surface area contributed by atoms with Crippen molar-refractivity contribution in [1.29, 1.82) is 0 Å². The Morgan fingerprint density at radius 2 is 1.81 bits per heavy atom. The van der Waals surface area contributed by atoms with Crippen LogP contribution in [-0.4, -0.2) is 67.4 Å². The maximum atomic E-state index is 5.53. The van der Waals surface area contributed by atoms with E-state index in [1.165, 1.54) is 25.0 Å². The van der Waals surface area contributed by atoms with Gasteiger partial charge < -0.3 is 14.4 Å². The van der Waals surface area contributed by atoms with Crippen LogP contribution in [0, 0.1) is 0 Å². The van der Waals surface area contributed by atoms with Crippen molar-refractivity contribution in [3.63, 3.8) is 0 Å². The Bertz CT molecular complexity index is 808. The molecule has 0 spiro atoms. The highest BCUT2D eigenvalue weighted by Gasteiger charge is 2.48. The zero-order valence-corrected chi connectivity index (χ0v) is 16.6. The fraction of sp³-hybridized carbons (Fsp3) is 0.556. The molecule has 1 saturated heterocycles. The van der Waals surface area contributed by atoms with Gasteiger partial charge in [-0.3, -0.25) is 10.0 Å². The first kappa shape index (κ1) is 18.5. The van der Waals surface area contributed by atoms with E-state index in [1.54, 1.807) is 20.5 Å².